The minimum absolute atomic E-state index is 0.0713. The molecule has 1 amide bonds. The summed E-state index contributed by atoms with van der Waals surface area (Å²) in [5.74, 6) is -0.623. The fourth-order valence-electron chi connectivity index (χ4n) is 3.35. The number of carbonyl (C=O) groups excluding carboxylic acids is 1. The van der Waals surface area contributed by atoms with Gasteiger partial charge < -0.3 is 19.9 Å². The van der Waals surface area contributed by atoms with Crippen LogP contribution in [-0.4, -0.2) is 50.1 Å². The Hall–Kier alpha value is -2.67. The number of nitrogens with zero attached hydrogens (tertiary/aromatic N) is 2. The lowest BCUT2D eigenvalue weighted by Gasteiger charge is -2.35. The number of halogens is 2. The summed E-state index contributed by atoms with van der Waals surface area (Å²) in [6.45, 7) is 6.18. The van der Waals surface area contributed by atoms with Crippen LogP contribution in [0.1, 0.15) is 22.8 Å². The molecule has 150 valence electrons. The van der Waals surface area contributed by atoms with E-state index in [1.54, 1.807) is 12.1 Å². The quantitative estimate of drug-likeness (QED) is 0.811. The zero-order valence-corrected chi connectivity index (χ0v) is 16.1. The van der Waals surface area contributed by atoms with Crippen LogP contribution < -0.4 is 15.0 Å². The topological polar surface area (TPSA) is 44.8 Å². The van der Waals surface area contributed by atoms with Gasteiger partial charge in [0.25, 0.3) is 5.91 Å². The lowest BCUT2D eigenvalue weighted by Crippen LogP contribution is -2.46. The summed E-state index contributed by atoms with van der Waals surface area (Å²) in [6, 6.07) is 11.8. The fraction of sp³-hybridized carbons (Fsp3) is 0.381. The van der Waals surface area contributed by atoms with Gasteiger partial charge >= 0.3 is 6.61 Å². The van der Waals surface area contributed by atoms with Crippen LogP contribution in [0.3, 0.4) is 0 Å². The maximum atomic E-state index is 12.6. The van der Waals surface area contributed by atoms with Gasteiger partial charge in [-0.3, -0.25) is 4.79 Å². The molecule has 0 radical (unpaired) electrons. The maximum absolute atomic E-state index is 12.6. The molecule has 1 saturated heterocycles. The van der Waals surface area contributed by atoms with Gasteiger partial charge in [-0.25, -0.2) is 0 Å². The number of anilines is 2. The number of amides is 1. The zero-order valence-electron chi connectivity index (χ0n) is 16.1. The van der Waals surface area contributed by atoms with E-state index in [4.69, 9.17) is 0 Å². The van der Waals surface area contributed by atoms with Crippen molar-refractivity contribution in [2.75, 3.05) is 42.9 Å². The predicted molar refractivity (Wildman–Crippen MR) is 107 cm³/mol. The van der Waals surface area contributed by atoms with E-state index in [9.17, 15) is 13.6 Å². The molecule has 0 atom stereocenters. The summed E-state index contributed by atoms with van der Waals surface area (Å²) in [5.41, 5.74) is 2.75. The second-order valence-electron chi connectivity index (χ2n) is 6.75. The Bertz CT molecular complexity index is 821. The molecule has 1 aliphatic heterocycles. The largest absolute Gasteiger partial charge is 0.434 e. The predicted octanol–water partition coefficient (Wildman–Crippen LogP) is 3.99. The van der Waals surface area contributed by atoms with E-state index in [0.29, 0.717) is 5.69 Å². The molecule has 0 unspecified atom stereocenters. The molecule has 0 bridgehead atoms. The lowest BCUT2D eigenvalue weighted by molar-refractivity contribution is -0.0501. The number of nitrogens with one attached hydrogen (secondary N) is 1. The van der Waals surface area contributed by atoms with Gasteiger partial charge in [-0.2, -0.15) is 8.78 Å². The summed E-state index contributed by atoms with van der Waals surface area (Å²) in [5, 5.41) is 2.80. The van der Waals surface area contributed by atoms with Crippen molar-refractivity contribution in [1.82, 2.24) is 4.90 Å². The van der Waals surface area contributed by atoms with Crippen LogP contribution in [-0.2, 0) is 0 Å². The van der Waals surface area contributed by atoms with Crippen LogP contribution in [0.4, 0.5) is 20.2 Å². The highest BCUT2D eigenvalue weighted by molar-refractivity contribution is 6.06. The van der Waals surface area contributed by atoms with Crippen LogP contribution in [0, 0.1) is 6.92 Å². The molecule has 5 nitrogen and oxygen atoms in total. The van der Waals surface area contributed by atoms with Gasteiger partial charge in [-0.1, -0.05) is 19.1 Å². The number of alkyl halides is 2. The number of para-hydroxylation sites is 1. The second kappa shape index (κ2) is 9.01. The van der Waals surface area contributed by atoms with Gasteiger partial charge in [0.2, 0.25) is 0 Å². The number of hydrogen-bond acceptors (Lipinski definition) is 4. The third-order valence-corrected chi connectivity index (χ3v) is 4.99. The molecule has 1 heterocycles. The Balaban J connectivity index is 1.71. The van der Waals surface area contributed by atoms with Gasteiger partial charge in [-0.05, 0) is 49.4 Å². The van der Waals surface area contributed by atoms with Crippen LogP contribution in [0.2, 0.25) is 0 Å². The molecule has 0 aliphatic carbocycles. The number of aryl methyl sites for hydroxylation is 1. The van der Waals surface area contributed by atoms with Crippen LogP contribution in [0.5, 0.6) is 5.75 Å². The summed E-state index contributed by atoms with van der Waals surface area (Å²) in [6.07, 6.45) is 0. The van der Waals surface area contributed by atoms with Crippen molar-refractivity contribution in [3.8, 4) is 5.75 Å². The average molecular weight is 389 g/mol. The van der Waals surface area contributed by atoms with Crippen molar-refractivity contribution in [2.24, 2.45) is 0 Å². The number of carbonyl (C=O) groups is 1. The minimum Gasteiger partial charge on any atom is -0.434 e. The Morgan fingerprint density at radius 3 is 2.50 bits per heavy atom. The van der Waals surface area contributed by atoms with Crippen molar-refractivity contribution < 1.29 is 18.3 Å². The van der Waals surface area contributed by atoms with Crippen molar-refractivity contribution in [3.63, 3.8) is 0 Å². The van der Waals surface area contributed by atoms with Crippen LogP contribution >= 0.6 is 0 Å². The molecule has 0 aromatic heterocycles. The van der Waals surface area contributed by atoms with Crippen molar-refractivity contribution in [1.29, 1.82) is 0 Å². The van der Waals surface area contributed by atoms with Gasteiger partial charge in [0, 0.05) is 37.6 Å². The molecule has 1 N–H and O–H groups in total. The Labute approximate surface area is 163 Å². The van der Waals surface area contributed by atoms with Crippen LogP contribution in [0.15, 0.2) is 42.5 Å². The molecular formula is C21H25F2N3O2. The maximum Gasteiger partial charge on any atom is 0.387 e. The Morgan fingerprint density at radius 2 is 1.86 bits per heavy atom. The molecule has 7 heteroatoms. The SMILES string of the molecule is CCN1CCN(c2ccc(NC(=O)c3ccccc3OC(F)F)c(C)c2)CC1. The summed E-state index contributed by atoms with van der Waals surface area (Å²) in [7, 11) is 0. The van der Waals surface area contributed by atoms with Crippen molar-refractivity contribution in [2.45, 2.75) is 20.5 Å². The second-order valence-corrected chi connectivity index (χ2v) is 6.75. The average Bonchev–Trinajstić information content (AvgIpc) is 2.69. The Morgan fingerprint density at radius 1 is 1.14 bits per heavy atom. The van der Waals surface area contributed by atoms with Crippen molar-refractivity contribution in [3.05, 3.63) is 53.6 Å². The van der Waals surface area contributed by atoms with Gasteiger partial charge in [-0.15, -0.1) is 0 Å². The van der Waals surface area contributed by atoms with Gasteiger partial charge in [0.15, 0.2) is 0 Å². The van der Waals surface area contributed by atoms with E-state index < -0.39 is 12.5 Å². The summed E-state index contributed by atoms with van der Waals surface area (Å²) >= 11 is 0. The first kappa shape index (κ1) is 20.1. The number of ether oxygens (including phenoxy) is 1. The smallest absolute Gasteiger partial charge is 0.387 e. The third-order valence-electron chi connectivity index (χ3n) is 4.99. The van der Waals surface area contributed by atoms with E-state index in [2.05, 4.69) is 26.8 Å². The number of rotatable bonds is 6. The van der Waals surface area contributed by atoms with E-state index in [1.807, 2.05) is 25.1 Å². The number of piperazine rings is 1. The highest BCUT2D eigenvalue weighted by Gasteiger charge is 2.18. The van der Waals surface area contributed by atoms with E-state index in [-0.39, 0.29) is 11.3 Å². The molecular weight excluding hydrogens is 364 g/mol. The van der Waals surface area contributed by atoms with E-state index in [1.165, 1.54) is 12.1 Å². The molecule has 1 fully saturated rings. The molecule has 3 rings (SSSR count). The fourth-order valence-corrected chi connectivity index (χ4v) is 3.35. The van der Waals surface area contributed by atoms with E-state index >= 15 is 0 Å². The van der Waals surface area contributed by atoms with Crippen molar-refractivity contribution >= 4 is 17.3 Å². The molecule has 2 aromatic rings. The third kappa shape index (κ3) is 4.78. The number of benzene rings is 2. The lowest BCUT2D eigenvalue weighted by atomic mass is 10.1. The summed E-state index contributed by atoms with van der Waals surface area (Å²) < 4.78 is 29.6. The highest BCUT2D eigenvalue weighted by atomic mass is 19.3. The highest BCUT2D eigenvalue weighted by Crippen LogP contribution is 2.26. The normalized spacial score (nSPS) is 15.0. The first-order valence-corrected chi connectivity index (χ1v) is 9.41. The van der Waals surface area contributed by atoms with Crippen LogP contribution in [0.25, 0.3) is 0 Å². The number of likely N-dealkylation sites (N-methyl/N-ethyl adjacent to an activating group) is 1. The molecule has 0 saturated carbocycles. The van der Waals surface area contributed by atoms with E-state index in [0.717, 1.165) is 44.0 Å². The standard InChI is InChI=1S/C21H25F2N3O2/c1-3-25-10-12-26(13-11-25)16-8-9-18(15(2)14-16)24-20(27)17-6-4-5-7-19(17)28-21(22)23/h4-9,14,21H,3,10-13H2,1-2H3,(H,24,27). The number of hydrogen-bond donors (Lipinski definition) is 1. The first-order valence-electron chi connectivity index (χ1n) is 9.41. The first-order chi connectivity index (χ1) is 13.5. The summed E-state index contributed by atoms with van der Waals surface area (Å²) in [4.78, 5) is 17.3. The van der Waals surface area contributed by atoms with Gasteiger partial charge in [0.1, 0.15) is 5.75 Å². The zero-order chi connectivity index (χ0) is 20.1. The Kier molecular flexibility index (Phi) is 6.46. The monoisotopic (exact) mass is 389 g/mol. The minimum atomic E-state index is -2.98. The molecule has 0 spiro atoms. The molecule has 28 heavy (non-hydrogen) atoms. The molecule has 2 aromatic carbocycles. The van der Waals surface area contributed by atoms with Gasteiger partial charge in [0.05, 0.1) is 5.56 Å². The molecule has 1 aliphatic rings.